The van der Waals surface area contributed by atoms with E-state index in [0.29, 0.717) is 19.3 Å². The molecule has 0 N–H and O–H groups in total. The highest BCUT2D eigenvalue weighted by Gasteiger charge is 2.19. The highest BCUT2D eigenvalue weighted by Crippen LogP contribution is 2.17. The molecule has 0 fully saturated rings. The molecule has 0 saturated carbocycles. The van der Waals surface area contributed by atoms with E-state index in [4.69, 9.17) is 14.2 Å². The molecule has 68 heavy (non-hydrogen) atoms. The minimum absolute atomic E-state index is 0.0676. The number of carbonyl (C=O) groups is 3. The van der Waals surface area contributed by atoms with Crippen LogP contribution < -0.4 is 0 Å². The summed E-state index contributed by atoms with van der Waals surface area (Å²) in [6, 6.07) is 0. The minimum atomic E-state index is -0.765. The van der Waals surface area contributed by atoms with Crippen molar-refractivity contribution in [2.24, 2.45) is 0 Å². The standard InChI is InChI=1S/C62H116O6/c1-4-7-10-13-16-18-20-22-24-26-28-30-31-33-34-36-38-40-42-44-46-49-52-55-61(64)67-58-59(57-66-60(63)54-51-48-15-12-9-6-3)68-62(65)56-53-50-47-45-43-41-39-37-35-32-29-27-25-23-21-19-17-14-11-8-5-2/h20,22,26,28,59H,4-19,21,23-25,27,29-58H2,1-3H3/b22-20-,28-26-. The molecule has 0 saturated heterocycles. The third kappa shape index (κ3) is 54.8. The molecule has 0 aromatic heterocycles. The first-order valence-electron chi connectivity index (χ1n) is 30.3. The smallest absolute Gasteiger partial charge is 0.306 e. The molecular formula is C62H116O6. The lowest BCUT2D eigenvalue weighted by molar-refractivity contribution is -0.167. The predicted octanol–water partition coefficient (Wildman–Crippen LogP) is 20.3. The normalized spacial score (nSPS) is 12.1. The van der Waals surface area contributed by atoms with Crippen molar-refractivity contribution in [3.05, 3.63) is 24.3 Å². The van der Waals surface area contributed by atoms with Crippen molar-refractivity contribution in [2.45, 2.75) is 341 Å². The molecule has 6 heteroatoms. The molecule has 0 aliphatic heterocycles. The molecule has 0 amide bonds. The number of ether oxygens (including phenoxy) is 3. The first-order valence-corrected chi connectivity index (χ1v) is 30.3. The zero-order chi connectivity index (χ0) is 49.3. The van der Waals surface area contributed by atoms with Crippen molar-refractivity contribution in [3.63, 3.8) is 0 Å². The van der Waals surface area contributed by atoms with E-state index in [2.05, 4.69) is 45.1 Å². The van der Waals surface area contributed by atoms with Gasteiger partial charge in [0, 0.05) is 19.3 Å². The van der Waals surface area contributed by atoms with Crippen LogP contribution in [-0.2, 0) is 28.6 Å². The van der Waals surface area contributed by atoms with E-state index in [9.17, 15) is 14.4 Å². The van der Waals surface area contributed by atoms with Crippen LogP contribution in [0.25, 0.3) is 0 Å². The average Bonchev–Trinajstić information content (AvgIpc) is 3.34. The Balaban J connectivity index is 4.07. The monoisotopic (exact) mass is 957 g/mol. The molecule has 1 unspecified atom stereocenters. The Bertz CT molecular complexity index is 1100. The van der Waals surface area contributed by atoms with Crippen molar-refractivity contribution < 1.29 is 28.6 Å². The SMILES string of the molecule is CCCCCCC/C=C\C/C=C\CCCCCCCCCCCCCC(=O)OCC(COC(=O)CCCCCCCC)OC(=O)CCCCCCCCCCCCCCCCCCCCCCC. The fraction of sp³-hybridized carbons (Fsp3) is 0.887. The lowest BCUT2D eigenvalue weighted by atomic mass is 10.0. The second-order valence-electron chi connectivity index (χ2n) is 20.6. The molecule has 0 aliphatic rings. The van der Waals surface area contributed by atoms with Gasteiger partial charge >= 0.3 is 17.9 Å². The molecule has 0 aromatic carbocycles. The number of hydrogen-bond acceptors (Lipinski definition) is 6. The number of hydrogen-bond donors (Lipinski definition) is 0. The Morgan fingerprint density at radius 3 is 0.809 bits per heavy atom. The fourth-order valence-corrected chi connectivity index (χ4v) is 9.12. The van der Waals surface area contributed by atoms with Gasteiger partial charge in [0.2, 0.25) is 0 Å². The largest absolute Gasteiger partial charge is 0.462 e. The van der Waals surface area contributed by atoms with Crippen LogP contribution in [0.4, 0.5) is 0 Å². The Labute approximate surface area is 423 Å². The van der Waals surface area contributed by atoms with Crippen molar-refractivity contribution in [2.75, 3.05) is 13.2 Å². The van der Waals surface area contributed by atoms with Crippen molar-refractivity contribution in [1.82, 2.24) is 0 Å². The van der Waals surface area contributed by atoms with Crippen molar-refractivity contribution >= 4 is 17.9 Å². The number of allylic oxidation sites excluding steroid dienone is 4. The Hall–Kier alpha value is -2.11. The molecule has 0 radical (unpaired) electrons. The summed E-state index contributed by atoms with van der Waals surface area (Å²) in [5.74, 6) is -0.858. The van der Waals surface area contributed by atoms with Gasteiger partial charge in [-0.1, -0.05) is 289 Å². The van der Waals surface area contributed by atoms with Crippen LogP contribution in [0, 0.1) is 0 Å². The second kappa shape index (κ2) is 57.5. The summed E-state index contributed by atoms with van der Waals surface area (Å²) in [4.78, 5) is 37.9. The van der Waals surface area contributed by atoms with Gasteiger partial charge in [0.05, 0.1) is 0 Å². The maximum Gasteiger partial charge on any atom is 0.306 e. The summed E-state index contributed by atoms with van der Waals surface area (Å²) in [5, 5.41) is 0. The quantitative estimate of drug-likeness (QED) is 0.0262. The maximum absolute atomic E-state index is 12.8. The lowest BCUT2D eigenvalue weighted by Crippen LogP contribution is -2.30. The van der Waals surface area contributed by atoms with Gasteiger partial charge in [-0.15, -0.1) is 0 Å². The second-order valence-corrected chi connectivity index (χ2v) is 20.6. The van der Waals surface area contributed by atoms with Crippen LogP contribution in [-0.4, -0.2) is 37.2 Å². The molecule has 6 nitrogen and oxygen atoms in total. The van der Waals surface area contributed by atoms with Crippen molar-refractivity contribution in [1.29, 1.82) is 0 Å². The van der Waals surface area contributed by atoms with Crippen LogP contribution in [0.3, 0.4) is 0 Å². The van der Waals surface area contributed by atoms with Crippen LogP contribution in [0.15, 0.2) is 24.3 Å². The van der Waals surface area contributed by atoms with Gasteiger partial charge in [0.15, 0.2) is 6.10 Å². The summed E-state index contributed by atoms with van der Waals surface area (Å²) in [6.07, 6.45) is 67.8. The van der Waals surface area contributed by atoms with E-state index in [1.165, 1.54) is 231 Å². The lowest BCUT2D eigenvalue weighted by Gasteiger charge is -2.18. The topological polar surface area (TPSA) is 78.9 Å². The summed E-state index contributed by atoms with van der Waals surface area (Å²) in [6.45, 7) is 6.62. The minimum Gasteiger partial charge on any atom is -0.462 e. The van der Waals surface area contributed by atoms with Gasteiger partial charge in [-0.25, -0.2) is 0 Å². The summed E-state index contributed by atoms with van der Waals surface area (Å²) in [5.41, 5.74) is 0. The van der Waals surface area contributed by atoms with Gasteiger partial charge in [0.1, 0.15) is 13.2 Å². The molecule has 0 spiro atoms. The van der Waals surface area contributed by atoms with Crippen LogP contribution in [0.1, 0.15) is 335 Å². The third-order valence-corrected chi connectivity index (χ3v) is 13.7. The summed E-state index contributed by atoms with van der Waals surface area (Å²) < 4.78 is 16.8. The fourth-order valence-electron chi connectivity index (χ4n) is 9.12. The molecule has 0 aromatic rings. The van der Waals surface area contributed by atoms with Crippen LogP contribution in [0.5, 0.6) is 0 Å². The number of esters is 3. The number of rotatable bonds is 56. The number of unbranched alkanes of at least 4 members (excludes halogenated alkanes) is 41. The predicted molar refractivity (Wildman–Crippen MR) is 293 cm³/mol. The van der Waals surface area contributed by atoms with Gasteiger partial charge in [-0.05, 0) is 51.4 Å². The average molecular weight is 958 g/mol. The van der Waals surface area contributed by atoms with Gasteiger partial charge in [-0.3, -0.25) is 14.4 Å². The first kappa shape index (κ1) is 65.9. The Kier molecular flexibility index (Phi) is 55.7. The van der Waals surface area contributed by atoms with E-state index in [1.54, 1.807) is 0 Å². The first-order chi connectivity index (χ1) is 33.5. The highest BCUT2D eigenvalue weighted by atomic mass is 16.6. The Morgan fingerprint density at radius 2 is 0.529 bits per heavy atom. The van der Waals surface area contributed by atoms with Crippen LogP contribution in [0.2, 0.25) is 0 Å². The van der Waals surface area contributed by atoms with E-state index >= 15 is 0 Å². The van der Waals surface area contributed by atoms with Crippen LogP contribution >= 0.6 is 0 Å². The zero-order valence-electron chi connectivity index (χ0n) is 45.9. The van der Waals surface area contributed by atoms with Crippen molar-refractivity contribution in [3.8, 4) is 0 Å². The van der Waals surface area contributed by atoms with Gasteiger partial charge in [-0.2, -0.15) is 0 Å². The van der Waals surface area contributed by atoms with E-state index in [0.717, 1.165) is 64.2 Å². The van der Waals surface area contributed by atoms with E-state index in [-0.39, 0.29) is 31.1 Å². The Morgan fingerprint density at radius 1 is 0.294 bits per heavy atom. The maximum atomic E-state index is 12.8. The molecule has 0 heterocycles. The molecule has 1 atom stereocenters. The van der Waals surface area contributed by atoms with E-state index in [1.807, 2.05) is 0 Å². The molecule has 400 valence electrons. The van der Waals surface area contributed by atoms with Gasteiger partial charge < -0.3 is 14.2 Å². The molecule has 0 aliphatic carbocycles. The summed E-state index contributed by atoms with van der Waals surface area (Å²) >= 11 is 0. The molecule has 0 rings (SSSR count). The highest BCUT2D eigenvalue weighted by molar-refractivity contribution is 5.71. The molecular weight excluding hydrogens is 841 g/mol. The summed E-state index contributed by atoms with van der Waals surface area (Å²) in [7, 11) is 0. The van der Waals surface area contributed by atoms with E-state index < -0.39 is 6.10 Å². The number of carbonyl (C=O) groups excluding carboxylic acids is 3. The molecule has 0 bridgehead atoms. The van der Waals surface area contributed by atoms with Gasteiger partial charge in [0.25, 0.3) is 0 Å². The zero-order valence-corrected chi connectivity index (χ0v) is 45.9. The third-order valence-electron chi connectivity index (χ3n) is 13.7.